The molecule has 110 valence electrons. The Morgan fingerprint density at radius 3 is 2.85 bits per heavy atom. The predicted molar refractivity (Wildman–Crippen MR) is 79.5 cm³/mol. The van der Waals surface area contributed by atoms with E-state index in [1.807, 2.05) is 17.0 Å². The summed E-state index contributed by atoms with van der Waals surface area (Å²) < 4.78 is 2.18. The van der Waals surface area contributed by atoms with Crippen molar-refractivity contribution in [2.24, 2.45) is 17.6 Å². The van der Waals surface area contributed by atoms with Crippen molar-refractivity contribution in [3.63, 3.8) is 0 Å². The molecule has 1 aliphatic heterocycles. The van der Waals surface area contributed by atoms with Crippen LogP contribution in [0.2, 0.25) is 0 Å². The van der Waals surface area contributed by atoms with Crippen molar-refractivity contribution in [3.8, 4) is 0 Å². The molecule has 4 heteroatoms. The molecule has 3 rings (SSSR count). The first kappa shape index (κ1) is 13.7. The molecule has 2 atom stereocenters. The van der Waals surface area contributed by atoms with E-state index < -0.39 is 0 Å². The number of likely N-dealkylation sites (tertiary alicyclic amines) is 1. The highest BCUT2D eigenvalue weighted by molar-refractivity contribution is 5.93. The van der Waals surface area contributed by atoms with E-state index in [4.69, 9.17) is 5.73 Å². The number of nitrogens with two attached hydrogens (primary N) is 1. The molecular formula is C16H25N3O. The standard InChI is InChI=1S/C16H25N3O/c1-12-7-9-18(11-13(12)10-17)16(20)15-6-3-8-19(15)14-4-2-5-14/h3,6,8,12-14H,2,4-5,7,9-11,17H2,1H3. The Bertz CT molecular complexity index is 478. The lowest BCUT2D eigenvalue weighted by atomic mass is 9.87. The molecule has 1 saturated carbocycles. The molecule has 2 unspecified atom stereocenters. The van der Waals surface area contributed by atoms with Gasteiger partial charge in [-0.3, -0.25) is 4.79 Å². The summed E-state index contributed by atoms with van der Waals surface area (Å²) in [5, 5.41) is 0. The fraction of sp³-hybridized carbons (Fsp3) is 0.688. The van der Waals surface area contributed by atoms with Crippen LogP contribution in [0.1, 0.15) is 49.1 Å². The van der Waals surface area contributed by atoms with Gasteiger partial charge in [-0.05, 0) is 56.2 Å². The molecule has 0 spiro atoms. The van der Waals surface area contributed by atoms with E-state index in [1.54, 1.807) is 0 Å². The van der Waals surface area contributed by atoms with Crippen LogP contribution < -0.4 is 5.73 Å². The van der Waals surface area contributed by atoms with Gasteiger partial charge in [0.05, 0.1) is 0 Å². The number of piperidine rings is 1. The molecule has 1 aromatic heterocycles. The topological polar surface area (TPSA) is 51.3 Å². The molecule has 2 fully saturated rings. The highest BCUT2D eigenvalue weighted by Gasteiger charge is 2.31. The lowest BCUT2D eigenvalue weighted by Gasteiger charge is -2.37. The summed E-state index contributed by atoms with van der Waals surface area (Å²) >= 11 is 0. The Balaban J connectivity index is 1.74. The second kappa shape index (κ2) is 5.60. The molecule has 0 radical (unpaired) electrons. The second-order valence-electron chi connectivity index (χ2n) is 6.40. The Labute approximate surface area is 120 Å². The van der Waals surface area contributed by atoms with Gasteiger partial charge in [0.2, 0.25) is 0 Å². The molecule has 1 saturated heterocycles. The summed E-state index contributed by atoms with van der Waals surface area (Å²) in [7, 11) is 0. The van der Waals surface area contributed by atoms with E-state index in [0.29, 0.717) is 24.4 Å². The van der Waals surface area contributed by atoms with Gasteiger partial charge in [0.15, 0.2) is 0 Å². The summed E-state index contributed by atoms with van der Waals surface area (Å²) in [6.07, 6.45) is 6.82. The minimum Gasteiger partial charge on any atom is -0.340 e. The third kappa shape index (κ3) is 2.37. The highest BCUT2D eigenvalue weighted by atomic mass is 16.2. The number of nitrogens with zero attached hydrogens (tertiary/aromatic N) is 2. The van der Waals surface area contributed by atoms with Gasteiger partial charge >= 0.3 is 0 Å². The normalized spacial score (nSPS) is 27.4. The number of amides is 1. The highest BCUT2D eigenvalue weighted by Crippen LogP contribution is 2.33. The maximum Gasteiger partial charge on any atom is 0.270 e. The first-order chi connectivity index (χ1) is 9.70. The third-order valence-electron chi connectivity index (χ3n) is 5.17. The minimum absolute atomic E-state index is 0.187. The van der Waals surface area contributed by atoms with Gasteiger partial charge in [-0.25, -0.2) is 0 Å². The fourth-order valence-corrected chi connectivity index (χ4v) is 3.36. The van der Waals surface area contributed by atoms with E-state index in [9.17, 15) is 4.79 Å². The summed E-state index contributed by atoms with van der Waals surface area (Å²) in [6.45, 7) is 4.60. The SMILES string of the molecule is CC1CCN(C(=O)c2cccn2C2CCC2)CC1CN. The second-order valence-corrected chi connectivity index (χ2v) is 6.40. The fourth-order valence-electron chi connectivity index (χ4n) is 3.36. The van der Waals surface area contributed by atoms with E-state index in [-0.39, 0.29) is 5.91 Å². The Hall–Kier alpha value is -1.29. The van der Waals surface area contributed by atoms with Gasteiger partial charge in [-0.1, -0.05) is 6.92 Å². The molecule has 2 heterocycles. The van der Waals surface area contributed by atoms with Crippen LogP contribution in [0.3, 0.4) is 0 Å². The lowest BCUT2D eigenvalue weighted by molar-refractivity contribution is 0.0602. The summed E-state index contributed by atoms with van der Waals surface area (Å²) in [4.78, 5) is 14.8. The van der Waals surface area contributed by atoms with Crippen LogP contribution in [0.15, 0.2) is 18.3 Å². The Kier molecular flexibility index (Phi) is 3.83. The number of aromatic nitrogens is 1. The molecule has 0 aromatic carbocycles. The quantitative estimate of drug-likeness (QED) is 0.920. The molecule has 4 nitrogen and oxygen atoms in total. The van der Waals surface area contributed by atoms with E-state index in [1.165, 1.54) is 19.3 Å². The number of hydrogen-bond acceptors (Lipinski definition) is 2. The molecule has 2 N–H and O–H groups in total. The average Bonchev–Trinajstić information content (AvgIpc) is 2.85. The van der Waals surface area contributed by atoms with Crippen molar-refractivity contribution in [2.45, 2.75) is 38.6 Å². The van der Waals surface area contributed by atoms with E-state index >= 15 is 0 Å². The summed E-state index contributed by atoms with van der Waals surface area (Å²) in [5.74, 6) is 1.26. The lowest BCUT2D eigenvalue weighted by Crippen LogP contribution is -2.46. The molecular weight excluding hydrogens is 250 g/mol. The van der Waals surface area contributed by atoms with Crippen LogP contribution in [0.25, 0.3) is 0 Å². The zero-order valence-electron chi connectivity index (χ0n) is 12.3. The summed E-state index contributed by atoms with van der Waals surface area (Å²) in [6, 6.07) is 4.51. The van der Waals surface area contributed by atoms with Crippen LogP contribution in [0.4, 0.5) is 0 Å². The molecule has 1 amide bonds. The number of carbonyl (C=O) groups is 1. The van der Waals surface area contributed by atoms with Crippen molar-refractivity contribution >= 4 is 5.91 Å². The van der Waals surface area contributed by atoms with Crippen molar-refractivity contribution in [3.05, 3.63) is 24.0 Å². The Morgan fingerprint density at radius 2 is 2.20 bits per heavy atom. The zero-order valence-corrected chi connectivity index (χ0v) is 12.3. The van der Waals surface area contributed by atoms with Gasteiger partial charge in [0.25, 0.3) is 5.91 Å². The van der Waals surface area contributed by atoms with Crippen molar-refractivity contribution in [2.75, 3.05) is 19.6 Å². The van der Waals surface area contributed by atoms with Gasteiger partial charge in [0, 0.05) is 25.3 Å². The van der Waals surface area contributed by atoms with Crippen molar-refractivity contribution < 1.29 is 4.79 Å². The van der Waals surface area contributed by atoms with Crippen molar-refractivity contribution in [1.82, 2.24) is 9.47 Å². The number of hydrogen-bond donors (Lipinski definition) is 1. The molecule has 1 aromatic rings. The summed E-state index contributed by atoms with van der Waals surface area (Å²) in [5.41, 5.74) is 6.70. The predicted octanol–water partition coefficient (Wildman–Crippen LogP) is 2.27. The van der Waals surface area contributed by atoms with Crippen LogP contribution in [0.5, 0.6) is 0 Å². The van der Waals surface area contributed by atoms with E-state index in [2.05, 4.69) is 17.7 Å². The van der Waals surface area contributed by atoms with Crippen LogP contribution in [-0.2, 0) is 0 Å². The first-order valence-electron chi connectivity index (χ1n) is 7.87. The molecule has 20 heavy (non-hydrogen) atoms. The third-order valence-corrected chi connectivity index (χ3v) is 5.17. The van der Waals surface area contributed by atoms with Gasteiger partial charge in [-0.15, -0.1) is 0 Å². The van der Waals surface area contributed by atoms with E-state index in [0.717, 1.165) is 25.2 Å². The monoisotopic (exact) mass is 275 g/mol. The molecule has 1 aliphatic carbocycles. The van der Waals surface area contributed by atoms with Gasteiger partial charge in [-0.2, -0.15) is 0 Å². The molecule has 2 aliphatic rings. The number of carbonyl (C=O) groups excluding carboxylic acids is 1. The van der Waals surface area contributed by atoms with Gasteiger partial charge in [0.1, 0.15) is 5.69 Å². The molecule has 0 bridgehead atoms. The van der Waals surface area contributed by atoms with Gasteiger partial charge < -0.3 is 15.2 Å². The zero-order chi connectivity index (χ0) is 14.1. The van der Waals surface area contributed by atoms with Crippen LogP contribution >= 0.6 is 0 Å². The number of rotatable bonds is 3. The maximum atomic E-state index is 12.8. The smallest absolute Gasteiger partial charge is 0.270 e. The van der Waals surface area contributed by atoms with Crippen molar-refractivity contribution in [1.29, 1.82) is 0 Å². The average molecular weight is 275 g/mol. The largest absolute Gasteiger partial charge is 0.340 e. The van der Waals surface area contributed by atoms with Crippen LogP contribution in [-0.4, -0.2) is 35.0 Å². The minimum atomic E-state index is 0.187. The Morgan fingerprint density at radius 1 is 1.40 bits per heavy atom. The maximum absolute atomic E-state index is 12.8. The first-order valence-corrected chi connectivity index (χ1v) is 7.87. The van der Waals surface area contributed by atoms with Crippen LogP contribution in [0, 0.1) is 11.8 Å².